The van der Waals surface area contributed by atoms with E-state index in [1.54, 1.807) is 0 Å². The summed E-state index contributed by atoms with van der Waals surface area (Å²) < 4.78 is 1.91. The number of aromatic nitrogens is 2. The van der Waals surface area contributed by atoms with Crippen LogP contribution in [0, 0.1) is 6.92 Å². The van der Waals surface area contributed by atoms with Gasteiger partial charge in [0.15, 0.2) is 5.82 Å². The maximum absolute atomic E-state index is 6.18. The Balaban J connectivity index is 2.20. The first-order chi connectivity index (χ1) is 11.8. The summed E-state index contributed by atoms with van der Waals surface area (Å²) in [6.07, 6.45) is 2.76. The molecule has 0 N–H and O–H groups in total. The number of aryl methyl sites for hydroxylation is 2. The minimum absolute atomic E-state index is 0.147. The number of rotatable bonds is 3. The standard InChI is InChI=1S/C20H23ClN4/c1-6-14-9-7-8-13(2)17(14)23-24-19-18(20(3,4)5)22-16-11-10-15(21)12-25(16)19/h7-12H,6H2,1-5H3. The Bertz CT molecular complexity index is 948. The Hall–Kier alpha value is -2.20. The molecule has 0 aliphatic carbocycles. The molecule has 2 heterocycles. The van der Waals surface area contributed by atoms with Gasteiger partial charge in [0, 0.05) is 11.6 Å². The average molecular weight is 355 g/mol. The van der Waals surface area contributed by atoms with E-state index < -0.39 is 0 Å². The Labute approximate surface area is 153 Å². The molecule has 5 heteroatoms. The lowest BCUT2D eigenvalue weighted by molar-refractivity contribution is 0.574. The molecule has 0 saturated heterocycles. The molecule has 2 aromatic heterocycles. The first kappa shape index (κ1) is 17.6. The van der Waals surface area contributed by atoms with Crippen molar-refractivity contribution in [3.05, 3.63) is 58.4 Å². The van der Waals surface area contributed by atoms with E-state index in [2.05, 4.69) is 63.0 Å². The van der Waals surface area contributed by atoms with E-state index in [1.165, 1.54) is 5.56 Å². The summed E-state index contributed by atoms with van der Waals surface area (Å²) >= 11 is 6.18. The predicted molar refractivity (Wildman–Crippen MR) is 104 cm³/mol. The summed E-state index contributed by atoms with van der Waals surface area (Å²) in [5.41, 5.74) is 4.82. The zero-order valence-electron chi connectivity index (χ0n) is 15.3. The summed E-state index contributed by atoms with van der Waals surface area (Å²) in [6.45, 7) is 10.6. The number of pyridine rings is 1. The van der Waals surface area contributed by atoms with Crippen LogP contribution < -0.4 is 0 Å². The molecule has 0 fully saturated rings. The van der Waals surface area contributed by atoms with Crippen LogP contribution in [0.2, 0.25) is 5.02 Å². The summed E-state index contributed by atoms with van der Waals surface area (Å²) in [5, 5.41) is 9.85. The highest BCUT2D eigenvalue weighted by Crippen LogP contribution is 2.34. The van der Waals surface area contributed by atoms with Crippen LogP contribution in [0.4, 0.5) is 11.5 Å². The van der Waals surface area contributed by atoms with Crippen LogP contribution in [0.5, 0.6) is 0 Å². The largest absolute Gasteiger partial charge is 0.281 e. The summed E-state index contributed by atoms with van der Waals surface area (Å²) in [6, 6.07) is 9.96. The van der Waals surface area contributed by atoms with Gasteiger partial charge in [0.05, 0.1) is 16.4 Å². The van der Waals surface area contributed by atoms with Gasteiger partial charge in [0.2, 0.25) is 0 Å². The number of hydrogen-bond donors (Lipinski definition) is 0. The first-order valence-corrected chi connectivity index (χ1v) is 8.87. The Morgan fingerprint density at radius 2 is 1.88 bits per heavy atom. The van der Waals surface area contributed by atoms with E-state index in [0.29, 0.717) is 5.02 Å². The molecule has 25 heavy (non-hydrogen) atoms. The molecule has 3 rings (SSSR count). The average Bonchev–Trinajstić information content (AvgIpc) is 2.91. The molecule has 0 unspecified atom stereocenters. The highest BCUT2D eigenvalue weighted by Gasteiger charge is 2.24. The van der Waals surface area contributed by atoms with Crippen molar-refractivity contribution >= 4 is 28.8 Å². The zero-order valence-corrected chi connectivity index (χ0v) is 16.1. The minimum Gasteiger partial charge on any atom is -0.281 e. The van der Waals surface area contributed by atoms with Crippen LogP contribution in [-0.4, -0.2) is 9.38 Å². The third-order valence-electron chi connectivity index (χ3n) is 4.21. The molecule has 130 valence electrons. The molecule has 0 atom stereocenters. The fourth-order valence-electron chi connectivity index (χ4n) is 2.85. The number of halogens is 1. The Morgan fingerprint density at radius 3 is 2.56 bits per heavy atom. The second-order valence-corrected chi connectivity index (χ2v) is 7.68. The highest BCUT2D eigenvalue weighted by molar-refractivity contribution is 6.30. The number of benzene rings is 1. The molecular formula is C20H23ClN4. The van der Waals surface area contributed by atoms with E-state index in [4.69, 9.17) is 16.6 Å². The Morgan fingerprint density at radius 1 is 1.12 bits per heavy atom. The lowest BCUT2D eigenvalue weighted by atomic mass is 9.92. The minimum atomic E-state index is -0.147. The molecule has 0 spiro atoms. The number of nitrogens with zero attached hydrogens (tertiary/aromatic N) is 4. The second kappa shape index (κ2) is 6.60. The van der Waals surface area contributed by atoms with Crippen molar-refractivity contribution in [3.63, 3.8) is 0 Å². The summed E-state index contributed by atoms with van der Waals surface area (Å²) in [5.74, 6) is 0.732. The topological polar surface area (TPSA) is 42.0 Å². The van der Waals surface area contributed by atoms with Gasteiger partial charge in [-0.2, -0.15) is 0 Å². The van der Waals surface area contributed by atoms with E-state index in [0.717, 1.165) is 34.8 Å². The quantitative estimate of drug-likeness (QED) is 0.490. The number of fused-ring (bicyclic) bond motifs is 1. The fraction of sp³-hybridized carbons (Fsp3) is 0.350. The molecule has 1 aromatic carbocycles. The van der Waals surface area contributed by atoms with Crippen LogP contribution in [0.15, 0.2) is 46.8 Å². The van der Waals surface area contributed by atoms with Crippen LogP contribution in [0.3, 0.4) is 0 Å². The third kappa shape index (κ3) is 3.45. The van der Waals surface area contributed by atoms with Crippen LogP contribution in [-0.2, 0) is 11.8 Å². The number of hydrogen-bond acceptors (Lipinski definition) is 3. The number of imidazole rings is 1. The van der Waals surface area contributed by atoms with Crippen molar-refractivity contribution < 1.29 is 0 Å². The van der Waals surface area contributed by atoms with E-state index in [1.807, 2.05) is 22.7 Å². The SMILES string of the molecule is CCc1cccc(C)c1N=Nc1c(C(C)(C)C)nc2ccc(Cl)cn12. The molecule has 0 radical (unpaired) electrons. The van der Waals surface area contributed by atoms with Gasteiger partial charge in [0.25, 0.3) is 0 Å². The van der Waals surface area contributed by atoms with Gasteiger partial charge in [-0.1, -0.05) is 57.5 Å². The van der Waals surface area contributed by atoms with Crippen molar-refractivity contribution in [1.29, 1.82) is 0 Å². The smallest absolute Gasteiger partial charge is 0.183 e. The van der Waals surface area contributed by atoms with Crippen LogP contribution in [0.25, 0.3) is 5.65 Å². The molecule has 3 aromatic rings. The monoisotopic (exact) mass is 354 g/mol. The zero-order chi connectivity index (χ0) is 18.2. The highest BCUT2D eigenvalue weighted by atomic mass is 35.5. The van der Waals surface area contributed by atoms with Gasteiger partial charge in [0.1, 0.15) is 5.65 Å². The van der Waals surface area contributed by atoms with E-state index >= 15 is 0 Å². The molecule has 0 amide bonds. The van der Waals surface area contributed by atoms with Crippen LogP contribution >= 0.6 is 11.6 Å². The maximum Gasteiger partial charge on any atom is 0.183 e. The normalized spacial score (nSPS) is 12.4. The van der Waals surface area contributed by atoms with Crippen molar-refractivity contribution in [2.24, 2.45) is 10.2 Å². The fourth-order valence-corrected chi connectivity index (χ4v) is 3.01. The van der Waals surface area contributed by atoms with Gasteiger partial charge in [-0.15, -0.1) is 10.2 Å². The molecule has 0 aliphatic heterocycles. The molecule has 4 nitrogen and oxygen atoms in total. The molecular weight excluding hydrogens is 332 g/mol. The van der Waals surface area contributed by atoms with Crippen molar-refractivity contribution in [1.82, 2.24) is 9.38 Å². The van der Waals surface area contributed by atoms with Crippen molar-refractivity contribution in [3.8, 4) is 0 Å². The third-order valence-corrected chi connectivity index (χ3v) is 4.44. The Kier molecular flexibility index (Phi) is 4.65. The van der Waals surface area contributed by atoms with E-state index in [-0.39, 0.29) is 5.41 Å². The lowest BCUT2D eigenvalue weighted by Gasteiger charge is -2.15. The van der Waals surface area contributed by atoms with Crippen LogP contribution in [0.1, 0.15) is 44.5 Å². The van der Waals surface area contributed by atoms with Gasteiger partial charge in [-0.05, 0) is 36.6 Å². The van der Waals surface area contributed by atoms with E-state index in [9.17, 15) is 0 Å². The summed E-state index contributed by atoms with van der Waals surface area (Å²) in [4.78, 5) is 4.75. The molecule has 0 saturated carbocycles. The molecule has 0 bridgehead atoms. The van der Waals surface area contributed by atoms with Gasteiger partial charge >= 0.3 is 0 Å². The maximum atomic E-state index is 6.18. The number of azo groups is 1. The van der Waals surface area contributed by atoms with Crippen molar-refractivity contribution in [2.75, 3.05) is 0 Å². The molecule has 0 aliphatic rings. The van der Waals surface area contributed by atoms with Gasteiger partial charge < -0.3 is 0 Å². The first-order valence-electron chi connectivity index (χ1n) is 8.49. The van der Waals surface area contributed by atoms with Gasteiger partial charge in [-0.3, -0.25) is 4.40 Å². The van der Waals surface area contributed by atoms with Gasteiger partial charge in [-0.25, -0.2) is 4.98 Å². The predicted octanol–water partition coefficient (Wildman–Crippen LogP) is 6.57. The second-order valence-electron chi connectivity index (χ2n) is 7.25. The summed E-state index contributed by atoms with van der Waals surface area (Å²) in [7, 11) is 0. The lowest BCUT2D eigenvalue weighted by Crippen LogP contribution is -2.11. The van der Waals surface area contributed by atoms with Crippen molar-refractivity contribution in [2.45, 2.75) is 46.5 Å².